The lowest BCUT2D eigenvalue weighted by Gasteiger charge is -2.04. The summed E-state index contributed by atoms with van der Waals surface area (Å²) < 4.78 is 4.64. The largest absolute Gasteiger partial charge is 0.478 e. The highest BCUT2D eigenvalue weighted by Crippen LogP contribution is 2.09. The van der Waals surface area contributed by atoms with Crippen molar-refractivity contribution in [3.8, 4) is 0 Å². The lowest BCUT2D eigenvalue weighted by Crippen LogP contribution is -2.11. The van der Waals surface area contributed by atoms with Gasteiger partial charge in [0.25, 0.3) is 0 Å². The first kappa shape index (κ1) is 11.7. The third-order valence-electron chi connectivity index (χ3n) is 1.49. The molecule has 13 heavy (non-hydrogen) atoms. The number of esters is 1. The van der Waals surface area contributed by atoms with E-state index in [2.05, 4.69) is 4.74 Å². The summed E-state index contributed by atoms with van der Waals surface area (Å²) in [7, 11) is 0. The first-order valence-corrected chi connectivity index (χ1v) is 4.04. The Morgan fingerprint density at radius 2 is 1.85 bits per heavy atom. The molecule has 0 radical (unpaired) electrons. The van der Waals surface area contributed by atoms with Gasteiger partial charge in [-0.05, 0) is 20.8 Å². The number of carboxylic acid groups (broad SMARTS) is 1. The maximum atomic E-state index is 10.9. The quantitative estimate of drug-likeness (QED) is 0.532. The van der Waals surface area contributed by atoms with E-state index in [9.17, 15) is 9.59 Å². The second-order valence-electron chi connectivity index (χ2n) is 2.77. The zero-order chi connectivity index (χ0) is 10.4. The number of rotatable bonds is 4. The van der Waals surface area contributed by atoms with Crippen molar-refractivity contribution in [1.29, 1.82) is 0 Å². The second kappa shape index (κ2) is 5.35. The summed E-state index contributed by atoms with van der Waals surface area (Å²) in [5, 5.41) is 8.70. The van der Waals surface area contributed by atoms with Crippen LogP contribution in [0.1, 0.15) is 27.2 Å². The summed E-state index contributed by atoms with van der Waals surface area (Å²) in [6.07, 6.45) is -0.161. The molecule has 1 N–H and O–H groups in total. The number of hydrogen-bond acceptors (Lipinski definition) is 3. The summed E-state index contributed by atoms with van der Waals surface area (Å²) >= 11 is 0. The Balaban J connectivity index is 4.38. The molecule has 0 saturated carbocycles. The van der Waals surface area contributed by atoms with E-state index in [0.717, 1.165) is 0 Å². The SMILES string of the molecule is CCOC(=O)CC(C(=O)O)=C(C)C. The Hall–Kier alpha value is -1.32. The van der Waals surface area contributed by atoms with Crippen molar-refractivity contribution < 1.29 is 19.4 Å². The molecule has 0 atom stereocenters. The van der Waals surface area contributed by atoms with E-state index >= 15 is 0 Å². The van der Waals surface area contributed by atoms with E-state index < -0.39 is 11.9 Å². The van der Waals surface area contributed by atoms with Crippen LogP contribution >= 0.6 is 0 Å². The van der Waals surface area contributed by atoms with Crippen molar-refractivity contribution in [3.63, 3.8) is 0 Å². The molecular weight excluding hydrogens is 172 g/mol. The van der Waals surface area contributed by atoms with Crippen LogP contribution in [0.2, 0.25) is 0 Å². The zero-order valence-electron chi connectivity index (χ0n) is 8.09. The summed E-state index contributed by atoms with van der Waals surface area (Å²) in [5.41, 5.74) is 0.735. The van der Waals surface area contributed by atoms with Gasteiger partial charge in [-0.2, -0.15) is 0 Å². The monoisotopic (exact) mass is 186 g/mol. The topological polar surface area (TPSA) is 63.6 Å². The molecule has 0 aromatic rings. The summed E-state index contributed by atoms with van der Waals surface area (Å²) in [5.74, 6) is -1.56. The fraction of sp³-hybridized carbons (Fsp3) is 0.556. The van der Waals surface area contributed by atoms with Crippen molar-refractivity contribution in [2.75, 3.05) is 6.61 Å². The van der Waals surface area contributed by atoms with Crippen LogP contribution in [0.15, 0.2) is 11.1 Å². The number of hydrogen-bond donors (Lipinski definition) is 1. The molecule has 74 valence electrons. The van der Waals surface area contributed by atoms with Crippen LogP contribution in [-0.2, 0) is 14.3 Å². The molecule has 0 aromatic carbocycles. The average Bonchev–Trinajstić information content (AvgIpc) is 1.99. The number of carbonyl (C=O) groups is 2. The Morgan fingerprint density at radius 1 is 1.31 bits per heavy atom. The zero-order valence-corrected chi connectivity index (χ0v) is 8.09. The van der Waals surface area contributed by atoms with Crippen molar-refractivity contribution in [2.45, 2.75) is 27.2 Å². The van der Waals surface area contributed by atoms with Crippen molar-refractivity contribution in [3.05, 3.63) is 11.1 Å². The van der Waals surface area contributed by atoms with Gasteiger partial charge in [-0.3, -0.25) is 4.79 Å². The molecule has 0 bridgehead atoms. The highest BCUT2D eigenvalue weighted by Gasteiger charge is 2.14. The predicted molar refractivity (Wildman–Crippen MR) is 47.3 cm³/mol. The molecule has 0 unspecified atom stereocenters. The fourth-order valence-electron chi connectivity index (χ4n) is 0.823. The van der Waals surface area contributed by atoms with Crippen molar-refractivity contribution in [1.82, 2.24) is 0 Å². The molecule has 0 rings (SSSR count). The Kier molecular flexibility index (Phi) is 4.80. The lowest BCUT2D eigenvalue weighted by atomic mass is 10.1. The van der Waals surface area contributed by atoms with Crippen LogP contribution in [0.4, 0.5) is 0 Å². The maximum absolute atomic E-state index is 10.9. The van der Waals surface area contributed by atoms with E-state index in [1.807, 2.05) is 0 Å². The van der Waals surface area contributed by atoms with E-state index in [1.165, 1.54) is 0 Å². The highest BCUT2D eigenvalue weighted by atomic mass is 16.5. The van der Waals surface area contributed by atoms with Crippen molar-refractivity contribution >= 4 is 11.9 Å². The van der Waals surface area contributed by atoms with Crippen LogP contribution in [0.25, 0.3) is 0 Å². The molecule has 0 fully saturated rings. The number of allylic oxidation sites excluding steroid dienone is 1. The first-order chi connectivity index (χ1) is 5.99. The van der Waals surface area contributed by atoms with Gasteiger partial charge in [0, 0.05) is 5.57 Å². The van der Waals surface area contributed by atoms with Gasteiger partial charge in [0.1, 0.15) is 0 Å². The van der Waals surface area contributed by atoms with Gasteiger partial charge in [-0.15, -0.1) is 0 Å². The van der Waals surface area contributed by atoms with Gasteiger partial charge in [-0.1, -0.05) is 5.57 Å². The number of ether oxygens (including phenoxy) is 1. The van der Waals surface area contributed by atoms with E-state index in [-0.39, 0.29) is 18.6 Å². The highest BCUT2D eigenvalue weighted by molar-refractivity contribution is 5.93. The minimum Gasteiger partial charge on any atom is -0.478 e. The third kappa shape index (κ3) is 4.30. The molecule has 4 nitrogen and oxygen atoms in total. The molecule has 0 aliphatic heterocycles. The molecule has 0 heterocycles. The minimum atomic E-state index is -1.06. The Morgan fingerprint density at radius 3 is 2.15 bits per heavy atom. The van der Waals surface area contributed by atoms with Gasteiger partial charge >= 0.3 is 11.9 Å². The second-order valence-corrected chi connectivity index (χ2v) is 2.77. The van der Waals surface area contributed by atoms with E-state index in [4.69, 9.17) is 5.11 Å². The number of aliphatic carboxylic acids is 1. The molecule has 0 spiro atoms. The normalized spacial score (nSPS) is 9.15. The summed E-state index contributed by atoms with van der Waals surface area (Å²) in [6.45, 7) is 5.26. The van der Waals surface area contributed by atoms with Gasteiger partial charge in [0.2, 0.25) is 0 Å². The third-order valence-corrected chi connectivity index (χ3v) is 1.49. The van der Waals surface area contributed by atoms with Crippen LogP contribution < -0.4 is 0 Å². The average molecular weight is 186 g/mol. The molecule has 0 aliphatic rings. The van der Waals surface area contributed by atoms with Gasteiger partial charge in [-0.25, -0.2) is 4.79 Å². The first-order valence-electron chi connectivity index (χ1n) is 4.04. The fourth-order valence-corrected chi connectivity index (χ4v) is 0.823. The van der Waals surface area contributed by atoms with Gasteiger partial charge in [0.15, 0.2) is 0 Å². The maximum Gasteiger partial charge on any atom is 0.332 e. The number of carbonyl (C=O) groups excluding carboxylic acids is 1. The van der Waals surface area contributed by atoms with Gasteiger partial charge in [0.05, 0.1) is 13.0 Å². The molecule has 4 heteroatoms. The van der Waals surface area contributed by atoms with E-state index in [1.54, 1.807) is 20.8 Å². The Bertz CT molecular complexity index is 236. The standard InChI is InChI=1S/C9H14O4/c1-4-13-8(10)5-7(6(2)3)9(11)12/h4-5H2,1-3H3,(H,11,12). The van der Waals surface area contributed by atoms with Crippen LogP contribution in [-0.4, -0.2) is 23.7 Å². The van der Waals surface area contributed by atoms with E-state index in [0.29, 0.717) is 5.57 Å². The molecule has 0 aromatic heterocycles. The van der Waals surface area contributed by atoms with Gasteiger partial charge < -0.3 is 9.84 Å². The molecule has 0 saturated heterocycles. The van der Waals surface area contributed by atoms with Crippen LogP contribution in [0.5, 0.6) is 0 Å². The molecule has 0 amide bonds. The smallest absolute Gasteiger partial charge is 0.332 e. The van der Waals surface area contributed by atoms with Crippen LogP contribution in [0.3, 0.4) is 0 Å². The number of carboxylic acids is 1. The van der Waals surface area contributed by atoms with Crippen molar-refractivity contribution in [2.24, 2.45) is 0 Å². The molecule has 0 aliphatic carbocycles. The Labute approximate surface area is 77.2 Å². The summed E-state index contributed by atoms with van der Waals surface area (Å²) in [6, 6.07) is 0. The summed E-state index contributed by atoms with van der Waals surface area (Å²) in [4.78, 5) is 21.6. The van der Waals surface area contributed by atoms with Crippen LogP contribution in [0, 0.1) is 0 Å². The lowest BCUT2D eigenvalue weighted by molar-refractivity contribution is -0.144. The predicted octanol–water partition coefficient (Wildman–Crippen LogP) is 1.36. The minimum absolute atomic E-state index is 0.110. The molecular formula is C9H14O4.